The predicted octanol–water partition coefficient (Wildman–Crippen LogP) is 8.61. The van der Waals surface area contributed by atoms with E-state index in [1.54, 1.807) is 107 Å². The number of carbonyl (C=O) groups is 2. The highest BCUT2D eigenvalue weighted by molar-refractivity contribution is 6.11. The summed E-state index contributed by atoms with van der Waals surface area (Å²) in [4.78, 5) is 34.4. The Morgan fingerprint density at radius 2 is 1.11 bits per heavy atom. The van der Waals surface area contributed by atoms with Crippen LogP contribution >= 0.6 is 0 Å². The van der Waals surface area contributed by atoms with Crippen LogP contribution in [-0.2, 0) is 14.1 Å². The molecule has 0 bridgehead atoms. The van der Waals surface area contributed by atoms with Crippen molar-refractivity contribution in [3.63, 3.8) is 0 Å². The van der Waals surface area contributed by atoms with Crippen LogP contribution < -0.4 is 20.5 Å². The lowest BCUT2D eigenvalue weighted by molar-refractivity contribution is 0.102. The first-order chi connectivity index (χ1) is 27.3. The summed E-state index contributed by atoms with van der Waals surface area (Å²) in [6.07, 6.45) is 10.7. The zero-order chi connectivity index (χ0) is 38.9. The molecule has 56 heavy (non-hydrogen) atoms. The molecule has 0 saturated carbocycles. The van der Waals surface area contributed by atoms with Crippen molar-refractivity contribution < 1.29 is 19.1 Å². The Labute approximate surface area is 322 Å². The number of amides is 1. The highest BCUT2D eigenvalue weighted by Crippen LogP contribution is 2.28. The van der Waals surface area contributed by atoms with Crippen LogP contribution in [0.2, 0.25) is 0 Å². The van der Waals surface area contributed by atoms with Gasteiger partial charge in [0.2, 0.25) is 0 Å². The first-order valence-electron chi connectivity index (χ1n) is 17.5. The molecular weight excluding hydrogens is 705 g/mol. The number of benzene rings is 4. The fourth-order valence-corrected chi connectivity index (χ4v) is 5.62. The van der Waals surface area contributed by atoms with Crippen LogP contribution in [-0.4, -0.2) is 41.2 Å². The minimum Gasteiger partial charge on any atom is -0.457 e. The Balaban J connectivity index is 0.000000202. The third-order valence-electron chi connectivity index (χ3n) is 8.31. The number of aromatic nitrogens is 6. The number of anilines is 2. The molecule has 3 N–H and O–H groups in total. The molecular formula is C44H36N8O4. The molecule has 0 unspecified atom stereocenters. The van der Waals surface area contributed by atoms with Gasteiger partial charge in [-0.25, -0.2) is 0 Å². The molecule has 1 amide bonds. The Bertz CT molecular complexity index is 2620. The van der Waals surface area contributed by atoms with Crippen molar-refractivity contribution >= 4 is 23.1 Å². The van der Waals surface area contributed by atoms with Crippen molar-refractivity contribution in [1.82, 2.24) is 29.5 Å². The van der Waals surface area contributed by atoms with Gasteiger partial charge >= 0.3 is 0 Å². The lowest BCUT2D eigenvalue weighted by Crippen LogP contribution is -2.13. The minimum absolute atomic E-state index is 0.136. The van der Waals surface area contributed by atoms with E-state index in [0.717, 1.165) is 22.5 Å². The second kappa shape index (κ2) is 16.9. The third-order valence-corrected chi connectivity index (χ3v) is 8.31. The standard InChI is InChI=1S/C29H22N4O3.C15H14N4O/c1-33-19-23(18-31-33)27-17-26(13-14-30-27)36-25-12-6-11-24(16-25)32-29(35)22-10-5-9-21(15-22)28(34)20-7-3-2-4-8-20;1-19-10-11(9-18-19)15-8-14(5-6-17-15)20-13-4-2-3-12(16)7-13/h2-19H,1H3,(H,32,35);2-10H,16H2,1H3. The Kier molecular flexibility index (Phi) is 11.0. The van der Waals surface area contributed by atoms with Crippen LogP contribution in [0.1, 0.15) is 26.3 Å². The largest absolute Gasteiger partial charge is 0.457 e. The number of carbonyl (C=O) groups excluding carboxylic acids is 2. The Hall–Kier alpha value is -7.86. The molecule has 0 aliphatic carbocycles. The second-order valence-electron chi connectivity index (χ2n) is 12.6. The quantitative estimate of drug-likeness (QED) is 0.104. The van der Waals surface area contributed by atoms with Gasteiger partial charge in [0.15, 0.2) is 5.78 Å². The van der Waals surface area contributed by atoms with E-state index in [-0.39, 0.29) is 11.7 Å². The number of aryl methyl sites for hydroxylation is 2. The van der Waals surface area contributed by atoms with Crippen molar-refractivity contribution in [1.29, 1.82) is 0 Å². The SMILES string of the molecule is Cn1cc(-c2cc(Oc3cccc(N)c3)ccn2)cn1.Cn1cc(-c2cc(Oc3cccc(NC(=O)c4cccc(C(=O)c5ccccc5)c4)c3)ccn2)cn1. The molecule has 0 atom stereocenters. The number of ether oxygens (including phenoxy) is 2. The van der Waals surface area contributed by atoms with Gasteiger partial charge in [0.1, 0.15) is 23.0 Å². The average molecular weight is 741 g/mol. The van der Waals surface area contributed by atoms with Crippen molar-refractivity contribution in [2.75, 3.05) is 11.1 Å². The van der Waals surface area contributed by atoms with Crippen molar-refractivity contribution in [2.45, 2.75) is 0 Å². The van der Waals surface area contributed by atoms with Gasteiger partial charge in [-0.1, -0.05) is 54.6 Å². The van der Waals surface area contributed by atoms with E-state index in [4.69, 9.17) is 15.2 Å². The molecule has 0 saturated heterocycles. The summed E-state index contributed by atoms with van der Waals surface area (Å²) in [5.41, 5.74) is 11.8. The Morgan fingerprint density at radius 3 is 1.70 bits per heavy atom. The maximum atomic E-state index is 12.9. The van der Waals surface area contributed by atoms with Gasteiger partial charge in [-0.05, 0) is 48.5 Å². The zero-order valence-electron chi connectivity index (χ0n) is 30.5. The van der Waals surface area contributed by atoms with E-state index in [1.807, 2.05) is 81.1 Å². The topological polar surface area (TPSA) is 152 Å². The van der Waals surface area contributed by atoms with E-state index < -0.39 is 0 Å². The summed E-state index contributed by atoms with van der Waals surface area (Å²) < 4.78 is 15.2. The van der Waals surface area contributed by atoms with E-state index >= 15 is 0 Å². The van der Waals surface area contributed by atoms with Gasteiger partial charge in [0.05, 0.1) is 23.8 Å². The number of hydrogen-bond donors (Lipinski definition) is 2. The van der Waals surface area contributed by atoms with Crippen LogP contribution in [0.3, 0.4) is 0 Å². The number of hydrogen-bond acceptors (Lipinski definition) is 9. The lowest BCUT2D eigenvalue weighted by atomic mass is 10.0. The number of nitrogens with two attached hydrogens (primary N) is 1. The van der Waals surface area contributed by atoms with E-state index in [0.29, 0.717) is 51.1 Å². The molecule has 276 valence electrons. The van der Waals surface area contributed by atoms with E-state index in [2.05, 4.69) is 25.5 Å². The Morgan fingerprint density at radius 1 is 0.571 bits per heavy atom. The number of nitrogens with zero attached hydrogens (tertiary/aromatic N) is 6. The van der Waals surface area contributed by atoms with E-state index in [1.165, 1.54) is 0 Å². The fraction of sp³-hybridized carbons (Fsp3) is 0.0455. The van der Waals surface area contributed by atoms with Gasteiger partial charge in [-0.3, -0.25) is 28.9 Å². The normalized spacial score (nSPS) is 10.5. The summed E-state index contributed by atoms with van der Waals surface area (Å²) in [5.74, 6) is 2.13. The zero-order valence-corrected chi connectivity index (χ0v) is 30.5. The van der Waals surface area contributed by atoms with Gasteiger partial charge < -0.3 is 20.5 Å². The van der Waals surface area contributed by atoms with Crippen LogP contribution in [0, 0.1) is 0 Å². The molecule has 0 aliphatic heterocycles. The predicted molar refractivity (Wildman–Crippen MR) is 215 cm³/mol. The van der Waals surface area contributed by atoms with Gasteiger partial charge in [-0.2, -0.15) is 10.2 Å². The molecule has 4 heterocycles. The molecule has 0 radical (unpaired) electrons. The first-order valence-corrected chi connectivity index (χ1v) is 17.5. The summed E-state index contributed by atoms with van der Waals surface area (Å²) in [6.45, 7) is 0. The molecule has 0 aliphatic rings. The van der Waals surface area contributed by atoms with Crippen molar-refractivity contribution in [3.8, 4) is 45.5 Å². The van der Waals surface area contributed by atoms with E-state index in [9.17, 15) is 9.59 Å². The third kappa shape index (κ3) is 9.38. The smallest absolute Gasteiger partial charge is 0.255 e. The van der Waals surface area contributed by atoms with Crippen LogP contribution in [0.5, 0.6) is 23.0 Å². The summed E-state index contributed by atoms with van der Waals surface area (Å²) in [5, 5.41) is 11.2. The maximum Gasteiger partial charge on any atom is 0.255 e. The maximum absolute atomic E-state index is 12.9. The van der Waals surface area contributed by atoms with Crippen molar-refractivity contribution in [2.24, 2.45) is 14.1 Å². The number of nitrogen functional groups attached to an aromatic ring is 1. The highest BCUT2D eigenvalue weighted by Gasteiger charge is 2.13. The molecule has 4 aromatic carbocycles. The molecule has 4 aromatic heterocycles. The molecule has 12 nitrogen and oxygen atoms in total. The molecule has 12 heteroatoms. The summed E-state index contributed by atoms with van der Waals surface area (Å²) >= 11 is 0. The number of ketones is 1. The summed E-state index contributed by atoms with van der Waals surface area (Å²) in [6, 6.07) is 37.4. The molecule has 0 spiro atoms. The van der Waals surface area contributed by atoms with Crippen molar-refractivity contribution in [3.05, 3.63) is 181 Å². The van der Waals surface area contributed by atoms with Gasteiger partial charge in [0.25, 0.3) is 5.91 Å². The molecule has 8 aromatic rings. The highest BCUT2D eigenvalue weighted by atomic mass is 16.5. The van der Waals surface area contributed by atoms with Gasteiger partial charge in [-0.15, -0.1) is 0 Å². The molecule has 8 rings (SSSR count). The average Bonchev–Trinajstić information content (AvgIpc) is 3.86. The minimum atomic E-state index is -0.322. The van der Waals surface area contributed by atoms with Gasteiger partial charge in [0, 0.05) is 102 Å². The monoisotopic (exact) mass is 740 g/mol. The van der Waals surface area contributed by atoms with Crippen LogP contribution in [0.15, 0.2) is 165 Å². The first kappa shape index (κ1) is 36.5. The number of nitrogens with one attached hydrogen (secondary N) is 1. The fourth-order valence-electron chi connectivity index (χ4n) is 5.62. The molecule has 0 fully saturated rings. The lowest BCUT2D eigenvalue weighted by Gasteiger charge is -2.10. The number of rotatable bonds is 10. The summed E-state index contributed by atoms with van der Waals surface area (Å²) in [7, 11) is 3.72. The van der Waals surface area contributed by atoms with Crippen LogP contribution in [0.4, 0.5) is 11.4 Å². The number of pyridine rings is 2. The second-order valence-corrected chi connectivity index (χ2v) is 12.6. The van der Waals surface area contributed by atoms with Crippen LogP contribution in [0.25, 0.3) is 22.5 Å².